The van der Waals surface area contributed by atoms with Gasteiger partial charge < -0.3 is 19.8 Å². The van der Waals surface area contributed by atoms with Crippen molar-refractivity contribution in [2.75, 3.05) is 43.2 Å². The molecular weight excluding hydrogens is 296 g/mol. The summed E-state index contributed by atoms with van der Waals surface area (Å²) in [7, 11) is 0. The van der Waals surface area contributed by atoms with E-state index in [-0.39, 0.29) is 0 Å². The van der Waals surface area contributed by atoms with Crippen LogP contribution in [0.3, 0.4) is 0 Å². The topological polar surface area (TPSA) is 98.4 Å². The van der Waals surface area contributed by atoms with Crippen molar-refractivity contribution in [1.82, 2.24) is 15.0 Å². The largest absolute Gasteiger partial charge is 0.477 e. The van der Waals surface area contributed by atoms with Gasteiger partial charge in [0.05, 0.1) is 25.5 Å². The number of hydrogen-bond acceptors (Lipinski definition) is 8. The molecule has 1 fully saturated rings. The fraction of sp³-hybridized carbons (Fsp3) is 0.400. The molecule has 0 atom stereocenters. The molecule has 23 heavy (non-hydrogen) atoms. The fourth-order valence-electron chi connectivity index (χ4n) is 2.36. The van der Waals surface area contributed by atoms with Gasteiger partial charge in [0.2, 0.25) is 5.88 Å². The molecule has 0 spiro atoms. The number of nitrogens with one attached hydrogen (secondary N) is 1. The molecule has 0 aromatic carbocycles. The lowest BCUT2D eigenvalue weighted by Crippen LogP contribution is -2.36. The Bertz CT molecular complexity index is 619. The first-order chi connectivity index (χ1) is 11.3. The van der Waals surface area contributed by atoms with Gasteiger partial charge >= 0.3 is 0 Å². The van der Waals surface area contributed by atoms with E-state index in [4.69, 9.17) is 15.3 Å². The highest BCUT2D eigenvalue weighted by Gasteiger charge is 2.14. The van der Waals surface area contributed by atoms with E-state index in [0.717, 1.165) is 37.7 Å². The summed E-state index contributed by atoms with van der Waals surface area (Å²) in [5.41, 5.74) is 4.49. The molecule has 3 rings (SSSR count). The van der Waals surface area contributed by atoms with E-state index < -0.39 is 0 Å². The zero-order valence-electron chi connectivity index (χ0n) is 12.8. The van der Waals surface area contributed by atoms with Crippen LogP contribution in [0.15, 0.2) is 30.7 Å². The van der Waals surface area contributed by atoms with Gasteiger partial charge in [-0.05, 0) is 0 Å². The maximum absolute atomic E-state index is 5.75. The van der Waals surface area contributed by atoms with Crippen molar-refractivity contribution in [2.24, 2.45) is 5.84 Å². The predicted octanol–water partition coefficient (Wildman–Crippen LogP) is 0.615. The average Bonchev–Trinajstić information content (AvgIpc) is 2.63. The van der Waals surface area contributed by atoms with E-state index >= 15 is 0 Å². The Morgan fingerprint density at radius 3 is 2.87 bits per heavy atom. The number of hydrazine groups is 1. The summed E-state index contributed by atoms with van der Waals surface area (Å²) in [6.07, 6.45) is 5.72. The van der Waals surface area contributed by atoms with Crippen LogP contribution in [0.2, 0.25) is 0 Å². The molecule has 0 bridgehead atoms. The predicted molar refractivity (Wildman–Crippen MR) is 86.3 cm³/mol. The number of aromatic nitrogens is 3. The van der Waals surface area contributed by atoms with Gasteiger partial charge in [-0.3, -0.25) is 9.97 Å². The summed E-state index contributed by atoms with van der Waals surface area (Å²) in [6.45, 7) is 3.59. The molecule has 3 heterocycles. The number of morpholine rings is 1. The second-order valence-corrected chi connectivity index (χ2v) is 5.09. The summed E-state index contributed by atoms with van der Waals surface area (Å²) in [5, 5.41) is 0. The van der Waals surface area contributed by atoms with Crippen molar-refractivity contribution in [2.45, 2.75) is 6.42 Å². The number of rotatable bonds is 6. The number of ether oxygens (including phenoxy) is 2. The van der Waals surface area contributed by atoms with Gasteiger partial charge in [0.15, 0.2) is 0 Å². The van der Waals surface area contributed by atoms with Gasteiger partial charge in [0.25, 0.3) is 0 Å². The molecule has 2 aromatic heterocycles. The Kier molecular flexibility index (Phi) is 5.17. The third kappa shape index (κ3) is 4.27. The molecule has 1 saturated heterocycles. The minimum Gasteiger partial charge on any atom is -0.477 e. The molecule has 0 radical (unpaired) electrons. The molecule has 8 nitrogen and oxygen atoms in total. The van der Waals surface area contributed by atoms with Crippen LogP contribution in [0.25, 0.3) is 0 Å². The molecule has 0 aliphatic carbocycles. The van der Waals surface area contributed by atoms with E-state index in [2.05, 4.69) is 25.3 Å². The van der Waals surface area contributed by atoms with Crippen LogP contribution in [-0.4, -0.2) is 47.9 Å². The summed E-state index contributed by atoms with van der Waals surface area (Å²) in [5.74, 6) is 6.61. The molecule has 1 aliphatic rings. The number of nitrogens with two attached hydrogens (primary N) is 1. The standard InChI is InChI=1S/C15H20N6O2/c16-20-14-9-13(21-4-7-22-8-5-21)10-15(19-14)23-6-1-12-11-17-2-3-18-12/h2-3,9-11H,1,4-8,16H2,(H,19,20). The third-order valence-corrected chi connectivity index (χ3v) is 3.54. The lowest BCUT2D eigenvalue weighted by atomic mass is 10.3. The number of hydrogen-bond donors (Lipinski definition) is 2. The molecular formula is C15H20N6O2. The van der Waals surface area contributed by atoms with Gasteiger partial charge in [-0.2, -0.15) is 4.98 Å². The number of anilines is 2. The quantitative estimate of drug-likeness (QED) is 0.591. The molecule has 0 unspecified atom stereocenters. The van der Waals surface area contributed by atoms with Crippen LogP contribution in [-0.2, 0) is 11.2 Å². The molecule has 0 amide bonds. The van der Waals surface area contributed by atoms with Crippen molar-refractivity contribution in [3.8, 4) is 5.88 Å². The van der Waals surface area contributed by atoms with E-state index in [1.807, 2.05) is 12.1 Å². The Balaban J connectivity index is 1.65. The van der Waals surface area contributed by atoms with Gasteiger partial charge in [-0.15, -0.1) is 0 Å². The van der Waals surface area contributed by atoms with Crippen molar-refractivity contribution in [3.63, 3.8) is 0 Å². The number of pyridine rings is 1. The Morgan fingerprint density at radius 1 is 1.26 bits per heavy atom. The van der Waals surface area contributed by atoms with Crippen LogP contribution < -0.4 is 20.9 Å². The van der Waals surface area contributed by atoms with Crippen molar-refractivity contribution < 1.29 is 9.47 Å². The number of nitrogen functional groups attached to an aromatic ring is 1. The molecule has 1 aliphatic heterocycles. The SMILES string of the molecule is NNc1cc(N2CCOCC2)cc(OCCc2cnccn2)n1. The minimum atomic E-state index is 0.474. The van der Waals surface area contributed by atoms with Crippen LogP contribution in [0, 0.1) is 0 Å². The van der Waals surface area contributed by atoms with Crippen molar-refractivity contribution >= 4 is 11.5 Å². The van der Waals surface area contributed by atoms with Gasteiger partial charge in [-0.1, -0.05) is 0 Å². The monoisotopic (exact) mass is 316 g/mol. The van der Waals surface area contributed by atoms with E-state index in [1.54, 1.807) is 18.6 Å². The Morgan fingerprint density at radius 2 is 2.13 bits per heavy atom. The normalized spacial score (nSPS) is 14.6. The lowest BCUT2D eigenvalue weighted by molar-refractivity contribution is 0.122. The van der Waals surface area contributed by atoms with E-state index in [1.165, 1.54) is 0 Å². The van der Waals surface area contributed by atoms with Crippen LogP contribution >= 0.6 is 0 Å². The maximum atomic E-state index is 5.75. The van der Waals surface area contributed by atoms with Crippen LogP contribution in [0.5, 0.6) is 5.88 Å². The van der Waals surface area contributed by atoms with Gasteiger partial charge in [0, 0.05) is 55.9 Å². The average molecular weight is 316 g/mol. The van der Waals surface area contributed by atoms with Crippen LogP contribution in [0.1, 0.15) is 5.69 Å². The highest BCUT2D eigenvalue weighted by atomic mass is 16.5. The summed E-state index contributed by atoms with van der Waals surface area (Å²) in [4.78, 5) is 14.8. The molecule has 8 heteroatoms. The van der Waals surface area contributed by atoms with Crippen molar-refractivity contribution in [3.05, 3.63) is 36.4 Å². The fourth-order valence-corrected chi connectivity index (χ4v) is 2.36. The summed E-state index contributed by atoms with van der Waals surface area (Å²) >= 11 is 0. The highest BCUT2D eigenvalue weighted by Crippen LogP contribution is 2.24. The molecule has 2 aromatic rings. The Labute approximate surface area is 134 Å². The molecule has 0 saturated carbocycles. The maximum Gasteiger partial charge on any atom is 0.217 e. The lowest BCUT2D eigenvalue weighted by Gasteiger charge is -2.29. The van der Waals surface area contributed by atoms with Gasteiger partial charge in [0.1, 0.15) is 5.82 Å². The molecule has 3 N–H and O–H groups in total. The zero-order chi connectivity index (χ0) is 15.9. The number of nitrogens with zero attached hydrogens (tertiary/aromatic N) is 4. The van der Waals surface area contributed by atoms with Gasteiger partial charge in [-0.25, -0.2) is 5.84 Å². The zero-order valence-corrected chi connectivity index (χ0v) is 12.8. The Hall–Kier alpha value is -2.45. The summed E-state index contributed by atoms with van der Waals surface area (Å²) in [6, 6.07) is 3.82. The van der Waals surface area contributed by atoms with Crippen molar-refractivity contribution in [1.29, 1.82) is 0 Å². The smallest absolute Gasteiger partial charge is 0.217 e. The first-order valence-corrected chi connectivity index (χ1v) is 7.54. The third-order valence-electron chi connectivity index (χ3n) is 3.54. The highest BCUT2D eigenvalue weighted by molar-refractivity contribution is 5.56. The van der Waals surface area contributed by atoms with E-state index in [0.29, 0.717) is 24.7 Å². The van der Waals surface area contributed by atoms with E-state index in [9.17, 15) is 0 Å². The first-order valence-electron chi connectivity index (χ1n) is 7.54. The first kappa shape index (κ1) is 15.4. The second kappa shape index (κ2) is 7.70. The summed E-state index contributed by atoms with van der Waals surface area (Å²) < 4.78 is 11.1. The minimum absolute atomic E-state index is 0.474. The second-order valence-electron chi connectivity index (χ2n) is 5.09. The van der Waals surface area contributed by atoms with Crippen LogP contribution in [0.4, 0.5) is 11.5 Å². The molecule has 122 valence electrons.